The number of anilines is 3. The maximum absolute atomic E-state index is 13.3. The number of hydrogen-bond acceptors (Lipinski definition) is 14. The Hall–Kier alpha value is -6.05. The van der Waals surface area contributed by atoms with Crippen LogP contribution in [0.4, 0.5) is 17.3 Å². The number of pyridine rings is 1. The third-order valence-corrected chi connectivity index (χ3v) is 11.7. The number of H-pyrrole nitrogens is 1. The van der Waals surface area contributed by atoms with E-state index in [1.54, 1.807) is 18.2 Å². The zero-order chi connectivity index (χ0) is 43.7. The fourth-order valence-electron chi connectivity index (χ4n) is 8.52. The normalized spacial score (nSPS) is 18.9. The molecule has 1 saturated heterocycles. The van der Waals surface area contributed by atoms with Gasteiger partial charge in [0.2, 0.25) is 11.8 Å². The first-order valence-electron chi connectivity index (χ1n) is 21.7. The van der Waals surface area contributed by atoms with Gasteiger partial charge in [0.05, 0.1) is 74.7 Å². The molecule has 4 amide bonds. The first-order chi connectivity index (χ1) is 30.8. The van der Waals surface area contributed by atoms with Crippen LogP contribution in [0.3, 0.4) is 0 Å². The molecule has 0 radical (unpaired) electrons. The number of aromatic amines is 1. The molecule has 332 valence electrons. The number of aryl methyl sites for hydroxylation is 1. The van der Waals surface area contributed by atoms with E-state index in [4.69, 9.17) is 29.7 Å². The molecule has 2 aliphatic heterocycles. The molecule has 6 N–H and O–H groups in total. The van der Waals surface area contributed by atoms with Gasteiger partial charge in [-0.2, -0.15) is 0 Å². The Balaban J connectivity index is 0.708. The van der Waals surface area contributed by atoms with Crippen molar-refractivity contribution >= 4 is 62.8 Å². The average Bonchev–Trinajstić information content (AvgIpc) is 3.81. The predicted octanol–water partition coefficient (Wildman–Crippen LogP) is 3.80. The van der Waals surface area contributed by atoms with E-state index in [0.717, 1.165) is 52.7 Å². The molecule has 8 rings (SSSR count). The van der Waals surface area contributed by atoms with Crippen molar-refractivity contribution in [3.63, 3.8) is 0 Å². The van der Waals surface area contributed by atoms with Gasteiger partial charge in [0.1, 0.15) is 23.1 Å². The van der Waals surface area contributed by atoms with E-state index in [0.29, 0.717) is 100 Å². The maximum atomic E-state index is 13.3. The largest absolute Gasteiger partial charge is 0.379 e. The van der Waals surface area contributed by atoms with Crippen LogP contribution in [0.5, 0.6) is 0 Å². The molecule has 5 aromatic rings. The van der Waals surface area contributed by atoms with E-state index in [-0.39, 0.29) is 36.0 Å². The number of fused-ring (bicyclic) bond motifs is 3. The Morgan fingerprint density at radius 3 is 2.35 bits per heavy atom. The Bertz CT molecular complexity index is 2520. The second-order valence-corrected chi connectivity index (χ2v) is 15.9. The SMILES string of the molecule is N[C@H]1CCCC[C@H]1Nc1cc2nc[nH]c(=O)c2c(Nc2cccc3c2ccn3CCOCCOCCOCCOCCCc2cccc3c2C(=O)N(C2CCC(=O)NC2=O)C3=O)n1. The van der Waals surface area contributed by atoms with Crippen LogP contribution >= 0.6 is 0 Å². The number of aromatic nitrogens is 4. The minimum atomic E-state index is -0.993. The lowest BCUT2D eigenvalue weighted by molar-refractivity contribution is -0.136. The van der Waals surface area contributed by atoms with Crippen molar-refractivity contribution in [2.75, 3.05) is 63.5 Å². The van der Waals surface area contributed by atoms with Gasteiger partial charge < -0.3 is 44.9 Å². The fraction of sp³-hybridized carbons (Fsp3) is 0.444. The van der Waals surface area contributed by atoms with Crippen molar-refractivity contribution in [3.05, 3.63) is 88.1 Å². The predicted molar refractivity (Wildman–Crippen MR) is 234 cm³/mol. The zero-order valence-corrected chi connectivity index (χ0v) is 35.1. The number of benzene rings is 2. The second-order valence-electron chi connectivity index (χ2n) is 15.9. The molecule has 1 unspecified atom stereocenters. The molecule has 3 aliphatic rings. The van der Waals surface area contributed by atoms with Crippen molar-refractivity contribution in [1.29, 1.82) is 0 Å². The smallest absolute Gasteiger partial charge is 0.262 e. The third-order valence-electron chi connectivity index (χ3n) is 11.7. The summed E-state index contributed by atoms with van der Waals surface area (Å²) in [7, 11) is 0. The van der Waals surface area contributed by atoms with Crippen LogP contribution in [0.25, 0.3) is 21.8 Å². The molecule has 63 heavy (non-hydrogen) atoms. The van der Waals surface area contributed by atoms with Crippen molar-refractivity contribution in [3.8, 4) is 0 Å². The van der Waals surface area contributed by atoms with Crippen molar-refractivity contribution in [2.45, 2.75) is 76.0 Å². The Morgan fingerprint density at radius 1 is 0.825 bits per heavy atom. The summed E-state index contributed by atoms with van der Waals surface area (Å²) in [6.45, 7) is 4.06. The number of amides is 4. The molecule has 18 nitrogen and oxygen atoms in total. The van der Waals surface area contributed by atoms with Crippen LogP contribution in [0.1, 0.15) is 71.2 Å². The number of piperidine rings is 1. The summed E-state index contributed by atoms with van der Waals surface area (Å²) in [4.78, 5) is 76.2. The van der Waals surface area contributed by atoms with Gasteiger partial charge in [-0.25, -0.2) is 9.97 Å². The van der Waals surface area contributed by atoms with Gasteiger partial charge in [0.25, 0.3) is 17.4 Å². The molecule has 0 bridgehead atoms. The minimum Gasteiger partial charge on any atom is -0.379 e. The van der Waals surface area contributed by atoms with Crippen molar-refractivity contribution in [2.24, 2.45) is 5.73 Å². The van der Waals surface area contributed by atoms with E-state index in [2.05, 4.69) is 30.5 Å². The Kier molecular flexibility index (Phi) is 14.1. The van der Waals surface area contributed by atoms with Crippen LogP contribution in [-0.2, 0) is 41.5 Å². The molecule has 18 heteroatoms. The lowest BCUT2D eigenvalue weighted by atomic mass is 9.91. The van der Waals surface area contributed by atoms with Crippen LogP contribution in [0.2, 0.25) is 0 Å². The number of rotatable bonds is 21. The Morgan fingerprint density at radius 2 is 1.57 bits per heavy atom. The highest BCUT2D eigenvalue weighted by Gasteiger charge is 2.45. The zero-order valence-electron chi connectivity index (χ0n) is 35.1. The third kappa shape index (κ3) is 10.1. The van der Waals surface area contributed by atoms with Gasteiger partial charge in [0, 0.05) is 55.0 Å². The fourth-order valence-corrected chi connectivity index (χ4v) is 8.52. The first-order valence-corrected chi connectivity index (χ1v) is 21.7. The minimum absolute atomic E-state index is 0.0366. The number of nitrogens with zero attached hydrogens (tertiary/aromatic N) is 4. The number of carbonyl (C=O) groups is 4. The van der Waals surface area contributed by atoms with Gasteiger partial charge in [-0.15, -0.1) is 0 Å². The Labute approximate surface area is 363 Å². The highest BCUT2D eigenvalue weighted by molar-refractivity contribution is 6.24. The summed E-state index contributed by atoms with van der Waals surface area (Å²) >= 11 is 0. The van der Waals surface area contributed by atoms with Gasteiger partial charge in [-0.3, -0.25) is 34.2 Å². The van der Waals surface area contributed by atoms with Gasteiger partial charge in [0.15, 0.2) is 0 Å². The van der Waals surface area contributed by atoms with E-state index in [1.165, 1.54) is 6.33 Å². The lowest BCUT2D eigenvalue weighted by Gasteiger charge is -2.29. The summed E-state index contributed by atoms with van der Waals surface area (Å²) in [5.74, 6) is -1.01. The number of ether oxygens (including phenoxy) is 4. The molecule has 3 atom stereocenters. The summed E-state index contributed by atoms with van der Waals surface area (Å²) in [6, 6.07) is 14.1. The highest BCUT2D eigenvalue weighted by atomic mass is 16.6. The van der Waals surface area contributed by atoms with Gasteiger partial charge in [-0.1, -0.05) is 31.0 Å². The van der Waals surface area contributed by atoms with Crippen LogP contribution in [-0.4, -0.2) is 119 Å². The molecular formula is C45H53N9O9. The van der Waals surface area contributed by atoms with Crippen molar-refractivity contribution in [1.82, 2.24) is 29.7 Å². The van der Waals surface area contributed by atoms with Crippen LogP contribution in [0, 0.1) is 0 Å². The van der Waals surface area contributed by atoms with Crippen LogP contribution in [0.15, 0.2) is 65.8 Å². The van der Waals surface area contributed by atoms with E-state index < -0.39 is 29.7 Å². The quantitative estimate of drug-likeness (QED) is 0.0522. The molecule has 1 saturated carbocycles. The summed E-state index contributed by atoms with van der Waals surface area (Å²) in [5.41, 5.74) is 9.80. The maximum Gasteiger partial charge on any atom is 0.262 e. The second kappa shape index (κ2) is 20.4. The number of imide groups is 2. The lowest BCUT2D eigenvalue weighted by Crippen LogP contribution is -2.54. The molecule has 5 heterocycles. The van der Waals surface area contributed by atoms with E-state index in [9.17, 15) is 24.0 Å². The molecule has 3 aromatic heterocycles. The van der Waals surface area contributed by atoms with Crippen molar-refractivity contribution < 1.29 is 38.1 Å². The highest BCUT2D eigenvalue weighted by Crippen LogP contribution is 2.32. The van der Waals surface area contributed by atoms with E-state index >= 15 is 0 Å². The number of hydrogen-bond donors (Lipinski definition) is 5. The topological polar surface area (TPSA) is 234 Å². The number of carbonyl (C=O) groups excluding carboxylic acids is 4. The molecule has 2 fully saturated rings. The molecule has 1 aliphatic carbocycles. The van der Waals surface area contributed by atoms with E-state index in [1.807, 2.05) is 36.5 Å². The summed E-state index contributed by atoms with van der Waals surface area (Å²) < 4.78 is 25.0. The van der Waals surface area contributed by atoms with Crippen LogP contribution < -0.4 is 27.2 Å². The van der Waals surface area contributed by atoms with Gasteiger partial charge >= 0.3 is 0 Å². The first kappa shape index (κ1) is 43.6. The van der Waals surface area contributed by atoms with Gasteiger partial charge in [-0.05, 0) is 61.9 Å². The molecular weight excluding hydrogens is 811 g/mol. The molecule has 2 aromatic carbocycles. The summed E-state index contributed by atoms with van der Waals surface area (Å²) in [5, 5.41) is 10.5. The number of nitrogens with one attached hydrogen (secondary N) is 4. The number of nitrogens with two attached hydrogens (primary N) is 1. The summed E-state index contributed by atoms with van der Waals surface area (Å²) in [6.07, 6.45) is 8.90. The standard InChI is InChI=1S/C45H53N9O9/c46-31-9-1-2-10-33(31)49-37-26-34-40(43(57)48-27-47-34)41(51-37)50-32-11-4-12-35-29(32)15-16-53(35)17-19-61-21-23-63-25-24-62-22-20-60-18-5-7-28-6-3-8-30-39(28)45(59)54(44(30)58)36-13-14-38(55)52-42(36)56/h3-4,6,8,11-12,15-16,26-27,31,33,36H,1-2,5,7,9-10,13-14,17-25,46H2,(H,47,48,57)(H2,49,50,51)(H,52,55,56)/t31-,33+,36?/m0/s1. The average molecular weight is 864 g/mol. The monoisotopic (exact) mass is 863 g/mol. The molecule has 0 spiro atoms.